The van der Waals surface area contributed by atoms with E-state index in [0.29, 0.717) is 17.0 Å². The van der Waals surface area contributed by atoms with Gasteiger partial charge >= 0.3 is 11.8 Å². The number of hydrazone groups is 1. The molecule has 0 aliphatic carbocycles. The number of nitrogens with zero attached hydrogens (tertiary/aromatic N) is 1. The highest BCUT2D eigenvalue weighted by Gasteiger charge is 2.13. The van der Waals surface area contributed by atoms with Gasteiger partial charge in [0, 0.05) is 6.26 Å². The average Bonchev–Trinajstić information content (AvgIpc) is 3.10. The number of hydrogen-bond donors (Lipinski definition) is 2. The van der Waals surface area contributed by atoms with Gasteiger partial charge < -0.3 is 9.73 Å². The highest BCUT2D eigenvalue weighted by atomic mass is 32.2. The summed E-state index contributed by atoms with van der Waals surface area (Å²) in [6, 6.07) is 9.37. The number of sulfone groups is 1. The molecule has 2 N–H and O–H groups in total. The van der Waals surface area contributed by atoms with E-state index in [1.807, 2.05) is 0 Å². The van der Waals surface area contributed by atoms with Gasteiger partial charge in [0.1, 0.15) is 5.76 Å². The van der Waals surface area contributed by atoms with Crippen LogP contribution in [-0.2, 0) is 26.0 Å². The molecule has 25 heavy (non-hydrogen) atoms. The molecule has 9 heteroatoms. The highest BCUT2D eigenvalue weighted by molar-refractivity contribution is 7.90. The number of carbonyl (C=O) groups is 2. The molecule has 0 radical (unpaired) electrons. The van der Waals surface area contributed by atoms with Crippen LogP contribution in [0.25, 0.3) is 0 Å². The van der Waals surface area contributed by atoms with Gasteiger partial charge in [0.2, 0.25) is 0 Å². The van der Waals surface area contributed by atoms with Crippen molar-refractivity contribution in [1.29, 1.82) is 0 Å². The summed E-state index contributed by atoms with van der Waals surface area (Å²) in [4.78, 5) is 23.5. The minimum absolute atomic E-state index is 0.0922. The summed E-state index contributed by atoms with van der Waals surface area (Å²) in [7, 11) is -3.28. The summed E-state index contributed by atoms with van der Waals surface area (Å²) in [5.74, 6) is -1.24. The zero-order valence-corrected chi connectivity index (χ0v) is 14.5. The van der Waals surface area contributed by atoms with Gasteiger partial charge in [0.15, 0.2) is 9.84 Å². The van der Waals surface area contributed by atoms with Crippen molar-refractivity contribution in [3.05, 3.63) is 54.0 Å². The summed E-state index contributed by atoms with van der Waals surface area (Å²) >= 11 is 0. The molecule has 8 nitrogen and oxygen atoms in total. The fourth-order valence-electron chi connectivity index (χ4n) is 1.85. The molecule has 2 aromatic rings. The van der Waals surface area contributed by atoms with Gasteiger partial charge in [0.05, 0.1) is 23.4 Å². The first-order valence-electron chi connectivity index (χ1n) is 7.22. The van der Waals surface area contributed by atoms with Crippen molar-refractivity contribution in [1.82, 2.24) is 10.7 Å². The lowest BCUT2D eigenvalue weighted by molar-refractivity contribution is -0.139. The molecule has 0 saturated carbocycles. The van der Waals surface area contributed by atoms with Gasteiger partial charge in [-0.25, -0.2) is 13.8 Å². The smallest absolute Gasteiger partial charge is 0.329 e. The van der Waals surface area contributed by atoms with Crippen molar-refractivity contribution >= 4 is 27.4 Å². The summed E-state index contributed by atoms with van der Waals surface area (Å²) in [5.41, 5.74) is 3.18. The molecule has 0 bridgehead atoms. The van der Waals surface area contributed by atoms with Gasteiger partial charge in [-0.05, 0) is 36.8 Å². The van der Waals surface area contributed by atoms with E-state index in [1.165, 1.54) is 18.4 Å². The molecule has 0 unspecified atom stereocenters. The number of carbonyl (C=O) groups excluding carboxylic acids is 2. The second kappa shape index (κ2) is 7.75. The van der Waals surface area contributed by atoms with Crippen LogP contribution in [0.5, 0.6) is 0 Å². The summed E-state index contributed by atoms with van der Waals surface area (Å²) in [6.45, 7) is 1.71. The number of benzene rings is 1. The Morgan fingerprint density at radius 3 is 2.36 bits per heavy atom. The summed E-state index contributed by atoms with van der Waals surface area (Å²) in [5, 5.41) is 6.23. The maximum absolute atomic E-state index is 11.7. The standard InChI is InChI=1S/C16H17N3O5S/c1-11(12-5-7-14(8-6-12)25(2,22)23)18-19-16(21)15(20)17-10-13-4-3-9-24-13/h3-9H,10H2,1-2H3,(H,17,20)(H,19,21)/b18-11-. The minimum Gasteiger partial charge on any atom is -0.467 e. The first-order valence-corrected chi connectivity index (χ1v) is 9.12. The predicted octanol–water partition coefficient (Wildman–Crippen LogP) is 0.840. The van der Waals surface area contributed by atoms with Crippen LogP contribution < -0.4 is 10.7 Å². The number of nitrogens with one attached hydrogen (secondary N) is 2. The molecule has 0 atom stereocenters. The molecular formula is C16H17N3O5S. The Labute approximate surface area is 144 Å². The van der Waals surface area contributed by atoms with E-state index in [0.717, 1.165) is 6.26 Å². The van der Waals surface area contributed by atoms with Crippen LogP contribution in [0, 0.1) is 0 Å². The Morgan fingerprint density at radius 2 is 1.80 bits per heavy atom. The van der Waals surface area contributed by atoms with Crippen LogP contribution in [-0.4, -0.2) is 32.2 Å². The lowest BCUT2D eigenvalue weighted by Crippen LogP contribution is -2.37. The van der Waals surface area contributed by atoms with Gasteiger partial charge in [0.25, 0.3) is 0 Å². The normalized spacial score (nSPS) is 11.8. The van der Waals surface area contributed by atoms with Crippen molar-refractivity contribution in [2.45, 2.75) is 18.4 Å². The van der Waals surface area contributed by atoms with E-state index >= 15 is 0 Å². The Hall–Kier alpha value is -2.94. The second-order valence-corrected chi connectivity index (χ2v) is 7.21. The number of rotatable bonds is 5. The Balaban J connectivity index is 1.93. The minimum atomic E-state index is -3.28. The van der Waals surface area contributed by atoms with Crippen molar-refractivity contribution < 1.29 is 22.4 Å². The average molecular weight is 363 g/mol. The topological polar surface area (TPSA) is 118 Å². The maximum atomic E-state index is 11.7. The van der Waals surface area contributed by atoms with E-state index in [1.54, 1.807) is 31.2 Å². The van der Waals surface area contributed by atoms with Gasteiger partial charge in [-0.2, -0.15) is 5.10 Å². The zero-order chi connectivity index (χ0) is 18.4. The predicted molar refractivity (Wildman–Crippen MR) is 90.5 cm³/mol. The molecule has 2 rings (SSSR count). The Bertz CT molecular complexity index is 884. The van der Waals surface area contributed by atoms with E-state index in [-0.39, 0.29) is 11.4 Å². The third kappa shape index (κ3) is 5.28. The van der Waals surface area contributed by atoms with Crippen molar-refractivity contribution in [3.8, 4) is 0 Å². The van der Waals surface area contributed by atoms with Gasteiger partial charge in [-0.3, -0.25) is 9.59 Å². The summed E-state index contributed by atoms with van der Waals surface area (Å²) in [6.07, 6.45) is 2.58. The van der Waals surface area contributed by atoms with Crippen molar-refractivity contribution in [2.24, 2.45) is 5.10 Å². The van der Waals surface area contributed by atoms with Crippen LogP contribution in [0.1, 0.15) is 18.2 Å². The largest absolute Gasteiger partial charge is 0.467 e. The molecule has 0 aliphatic heterocycles. The molecule has 1 aromatic heterocycles. The molecule has 132 valence electrons. The first kappa shape index (κ1) is 18.4. The van der Waals surface area contributed by atoms with Crippen molar-refractivity contribution in [2.75, 3.05) is 6.26 Å². The fourth-order valence-corrected chi connectivity index (χ4v) is 2.48. The first-order chi connectivity index (χ1) is 11.8. The second-order valence-electron chi connectivity index (χ2n) is 5.20. The number of hydrogen-bond acceptors (Lipinski definition) is 6. The van der Waals surface area contributed by atoms with E-state index in [2.05, 4.69) is 15.8 Å². The van der Waals surface area contributed by atoms with E-state index < -0.39 is 21.7 Å². The molecular weight excluding hydrogens is 346 g/mol. The van der Waals surface area contributed by atoms with Crippen LogP contribution >= 0.6 is 0 Å². The zero-order valence-electron chi connectivity index (χ0n) is 13.6. The third-order valence-electron chi connectivity index (χ3n) is 3.23. The maximum Gasteiger partial charge on any atom is 0.329 e. The monoisotopic (exact) mass is 363 g/mol. The lowest BCUT2D eigenvalue weighted by atomic mass is 10.1. The van der Waals surface area contributed by atoms with Crippen LogP contribution in [0.2, 0.25) is 0 Å². The molecule has 0 fully saturated rings. The Morgan fingerprint density at radius 1 is 1.12 bits per heavy atom. The third-order valence-corrected chi connectivity index (χ3v) is 4.36. The molecule has 2 amide bonds. The van der Waals surface area contributed by atoms with Gasteiger partial charge in [-0.1, -0.05) is 12.1 Å². The van der Waals surface area contributed by atoms with E-state index in [4.69, 9.17) is 4.42 Å². The molecule has 0 aliphatic rings. The van der Waals surface area contributed by atoms with E-state index in [9.17, 15) is 18.0 Å². The highest BCUT2D eigenvalue weighted by Crippen LogP contribution is 2.10. The van der Waals surface area contributed by atoms with Crippen LogP contribution in [0.15, 0.2) is 57.1 Å². The van der Waals surface area contributed by atoms with Crippen molar-refractivity contribution in [3.63, 3.8) is 0 Å². The molecule has 1 aromatic carbocycles. The molecule has 1 heterocycles. The summed E-state index contributed by atoms with van der Waals surface area (Å²) < 4.78 is 27.9. The number of furan rings is 1. The van der Waals surface area contributed by atoms with Crippen LogP contribution in [0.4, 0.5) is 0 Å². The SMILES string of the molecule is C/C(=N/NC(=O)C(=O)NCc1ccco1)c1ccc(S(C)(=O)=O)cc1. The fraction of sp³-hybridized carbons (Fsp3) is 0.188. The van der Waals surface area contributed by atoms with Gasteiger partial charge in [-0.15, -0.1) is 0 Å². The molecule has 0 saturated heterocycles. The lowest BCUT2D eigenvalue weighted by Gasteiger charge is -2.04. The quantitative estimate of drug-likeness (QED) is 0.464. The molecule has 0 spiro atoms. The number of amides is 2. The Kier molecular flexibility index (Phi) is 5.71. The van der Waals surface area contributed by atoms with Crippen LogP contribution in [0.3, 0.4) is 0 Å².